The Hall–Kier alpha value is -1.06. The number of benzene rings is 1. The van der Waals surface area contributed by atoms with E-state index < -0.39 is 0 Å². The normalized spacial score (nSPS) is 21.9. The van der Waals surface area contributed by atoms with Crippen LogP contribution in [0.15, 0.2) is 18.2 Å². The Labute approximate surface area is 119 Å². The Balaban J connectivity index is 2.05. The van der Waals surface area contributed by atoms with Crippen LogP contribution in [0.2, 0.25) is 5.02 Å². The lowest BCUT2D eigenvalue weighted by Crippen LogP contribution is -2.45. The third-order valence-electron chi connectivity index (χ3n) is 3.77. The van der Waals surface area contributed by atoms with Gasteiger partial charge in [-0.25, -0.2) is 0 Å². The molecule has 0 N–H and O–H groups in total. The van der Waals surface area contributed by atoms with Crippen molar-refractivity contribution in [2.45, 2.75) is 38.3 Å². The summed E-state index contributed by atoms with van der Waals surface area (Å²) < 4.78 is 5.96. The number of hydrogen-bond donors (Lipinski definition) is 0. The Morgan fingerprint density at radius 2 is 2.26 bits per heavy atom. The van der Waals surface area contributed by atoms with E-state index in [0.29, 0.717) is 22.4 Å². The minimum atomic E-state index is 0.0879. The van der Waals surface area contributed by atoms with Crippen molar-refractivity contribution < 1.29 is 9.53 Å². The van der Waals surface area contributed by atoms with Crippen molar-refractivity contribution in [1.82, 2.24) is 4.90 Å². The lowest BCUT2D eigenvalue weighted by molar-refractivity contribution is 0.0686. The van der Waals surface area contributed by atoms with E-state index in [9.17, 15) is 4.79 Å². The molecular weight excluding hydrogens is 262 g/mol. The highest BCUT2D eigenvalue weighted by molar-refractivity contribution is 6.32. The number of halogens is 1. The van der Waals surface area contributed by atoms with Crippen molar-refractivity contribution in [3.05, 3.63) is 28.8 Å². The summed E-state index contributed by atoms with van der Waals surface area (Å²) in [6.07, 6.45) is 4.54. The molecule has 1 heterocycles. The largest absolute Gasteiger partial charge is 0.488 e. The monoisotopic (exact) mass is 281 g/mol. The van der Waals surface area contributed by atoms with Crippen LogP contribution >= 0.6 is 11.6 Å². The van der Waals surface area contributed by atoms with E-state index in [4.69, 9.17) is 16.3 Å². The molecule has 2 rings (SSSR count). The molecule has 0 aromatic heterocycles. The fraction of sp³-hybridized carbons (Fsp3) is 0.533. The number of ether oxygens (including phenoxy) is 1. The molecule has 1 aliphatic heterocycles. The van der Waals surface area contributed by atoms with Crippen molar-refractivity contribution in [3.8, 4) is 5.75 Å². The van der Waals surface area contributed by atoms with Crippen molar-refractivity contribution >= 4 is 17.9 Å². The summed E-state index contributed by atoms with van der Waals surface area (Å²) in [4.78, 5) is 13.0. The molecule has 1 aromatic rings. The first-order valence-electron chi connectivity index (χ1n) is 6.73. The van der Waals surface area contributed by atoms with Crippen LogP contribution in [0.1, 0.15) is 36.5 Å². The van der Waals surface area contributed by atoms with Gasteiger partial charge in [0.25, 0.3) is 0 Å². The topological polar surface area (TPSA) is 29.5 Å². The molecule has 104 valence electrons. The minimum Gasteiger partial charge on any atom is -0.488 e. The average Bonchev–Trinajstić information content (AvgIpc) is 2.41. The number of rotatable bonds is 4. The van der Waals surface area contributed by atoms with E-state index in [1.165, 1.54) is 12.8 Å². The molecular formula is C15H20ClNO2. The number of hydrogen-bond acceptors (Lipinski definition) is 3. The van der Waals surface area contributed by atoms with Gasteiger partial charge in [0.05, 0.1) is 5.02 Å². The number of piperidine rings is 1. The number of likely N-dealkylation sites (tertiary alicyclic amines) is 1. The first-order chi connectivity index (χ1) is 9.11. The maximum absolute atomic E-state index is 10.7. The van der Waals surface area contributed by atoms with Gasteiger partial charge in [0.1, 0.15) is 18.1 Å². The molecule has 1 aromatic carbocycles. The summed E-state index contributed by atoms with van der Waals surface area (Å²) in [5.41, 5.74) is 0.569. The Morgan fingerprint density at radius 1 is 1.47 bits per heavy atom. The molecule has 19 heavy (non-hydrogen) atoms. The molecule has 2 atom stereocenters. The standard InChI is InChI=1S/C15H20ClNO2/c1-11(14-5-3-4-8-17(14)2)19-15-7-6-12(10-18)9-13(15)16/h6-7,9-11,14H,3-5,8H2,1-2H3. The highest BCUT2D eigenvalue weighted by atomic mass is 35.5. The van der Waals surface area contributed by atoms with Crippen LogP contribution in [0.5, 0.6) is 5.75 Å². The van der Waals surface area contributed by atoms with Gasteiger partial charge in [0.15, 0.2) is 0 Å². The molecule has 0 spiro atoms. The van der Waals surface area contributed by atoms with Crippen LogP contribution in [-0.4, -0.2) is 36.9 Å². The number of nitrogens with zero attached hydrogens (tertiary/aromatic N) is 1. The lowest BCUT2D eigenvalue weighted by atomic mass is 9.99. The second-order valence-electron chi connectivity index (χ2n) is 5.17. The highest BCUT2D eigenvalue weighted by Crippen LogP contribution is 2.28. The van der Waals surface area contributed by atoms with Gasteiger partial charge in [-0.3, -0.25) is 9.69 Å². The summed E-state index contributed by atoms with van der Waals surface area (Å²) in [6, 6.07) is 5.56. The van der Waals surface area contributed by atoms with E-state index >= 15 is 0 Å². The molecule has 4 heteroatoms. The lowest BCUT2D eigenvalue weighted by Gasteiger charge is -2.36. The minimum absolute atomic E-state index is 0.0879. The molecule has 0 saturated carbocycles. The van der Waals surface area contributed by atoms with Crippen LogP contribution in [0.3, 0.4) is 0 Å². The third-order valence-corrected chi connectivity index (χ3v) is 4.07. The third kappa shape index (κ3) is 3.48. The Bertz CT molecular complexity index is 450. The predicted molar refractivity (Wildman–Crippen MR) is 77.2 cm³/mol. The summed E-state index contributed by atoms with van der Waals surface area (Å²) in [7, 11) is 2.14. The number of carbonyl (C=O) groups excluding carboxylic acids is 1. The van der Waals surface area contributed by atoms with Gasteiger partial charge in [-0.1, -0.05) is 18.0 Å². The van der Waals surface area contributed by atoms with E-state index in [2.05, 4.69) is 18.9 Å². The van der Waals surface area contributed by atoms with E-state index in [-0.39, 0.29) is 6.10 Å². The zero-order valence-electron chi connectivity index (χ0n) is 11.4. The van der Waals surface area contributed by atoms with Gasteiger partial charge < -0.3 is 4.74 Å². The maximum atomic E-state index is 10.7. The van der Waals surface area contributed by atoms with Crippen molar-refractivity contribution in [1.29, 1.82) is 0 Å². The zero-order chi connectivity index (χ0) is 13.8. The molecule has 1 aliphatic rings. The predicted octanol–water partition coefficient (Wildman–Crippen LogP) is 3.40. The smallest absolute Gasteiger partial charge is 0.150 e. The molecule has 2 unspecified atom stereocenters. The molecule has 3 nitrogen and oxygen atoms in total. The molecule has 0 aliphatic carbocycles. The van der Waals surface area contributed by atoms with E-state index in [1.807, 2.05) is 0 Å². The van der Waals surface area contributed by atoms with Crippen LogP contribution < -0.4 is 4.74 Å². The van der Waals surface area contributed by atoms with Gasteiger partial charge >= 0.3 is 0 Å². The van der Waals surface area contributed by atoms with Gasteiger partial charge in [0, 0.05) is 11.6 Å². The van der Waals surface area contributed by atoms with E-state index in [1.54, 1.807) is 18.2 Å². The van der Waals surface area contributed by atoms with Gasteiger partial charge in [-0.2, -0.15) is 0 Å². The second kappa shape index (κ2) is 6.40. The molecule has 0 radical (unpaired) electrons. The van der Waals surface area contributed by atoms with Crippen LogP contribution in [0.25, 0.3) is 0 Å². The summed E-state index contributed by atoms with van der Waals surface area (Å²) in [5.74, 6) is 0.652. The first kappa shape index (κ1) is 14.4. The highest BCUT2D eigenvalue weighted by Gasteiger charge is 2.26. The Kier molecular flexibility index (Phi) is 4.83. The molecule has 0 bridgehead atoms. The summed E-state index contributed by atoms with van der Waals surface area (Å²) >= 11 is 6.13. The fourth-order valence-electron chi connectivity index (χ4n) is 2.66. The fourth-order valence-corrected chi connectivity index (χ4v) is 2.89. The van der Waals surface area contributed by atoms with Gasteiger partial charge in [-0.15, -0.1) is 0 Å². The van der Waals surface area contributed by atoms with Crippen molar-refractivity contribution in [3.63, 3.8) is 0 Å². The van der Waals surface area contributed by atoms with Gasteiger partial charge in [0.2, 0.25) is 0 Å². The number of aldehydes is 1. The van der Waals surface area contributed by atoms with Gasteiger partial charge in [-0.05, 0) is 51.6 Å². The second-order valence-corrected chi connectivity index (χ2v) is 5.58. The first-order valence-corrected chi connectivity index (χ1v) is 7.11. The van der Waals surface area contributed by atoms with Crippen LogP contribution in [-0.2, 0) is 0 Å². The molecule has 1 fully saturated rings. The number of carbonyl (C=O) groups is 1. The molecule has 0 amide bonds. The quantitative estimate of drug-likeness (QED) is 0.792. The number of likely N-dealkylation sites (N-methyl/N-ethyl adjacent to an activating group) is 1. The van der Waals surface area contributed by atoms with Crippen molar-refractivity contribution in [2.24, 2.45) is 0 Å². The maximum Gasteiger partial charge on any atom is 0.150 e. The van der Waals surface area contributed by atoms with Crippen LogP contribution in [0, 0.1) is 0 Å². The van der Waals surface area contributed by atoms with Crippen molar-refractivity contribution in [2.75, 3.05) is 13.6 Å². The molecule has 1 saturated heterocycles. The Morgan fingerprint density at radius 3 is 2.89 bits per heavy atom. The summed E-state index contributed by atoms with van der Waals surface area (Å²) in [6.45, 7) is 3.20. The SMILES string of the molecule is CC(Oc1ccc(C=O)cc1Cl)C1CCCCN1C. The van der Waals surface area contributed by atoms with Crippen LogP contribution in [0.4, 0.5) is 0 Å². The summed E-state index contributed by atoms with van der Waals surface area (Å²) in [5, 5.41) is 0.495. The van der Waals surface area contributed by atoms with E-state index in [0.717, 1.165) is 19.3 Å². The zero-order valence-corrected chi connectivity index (χ0v) is 12.2. The average molecular weight is 282 g/mol.